The van der Waals surface area contributed by atoms with E-state index in [0.29, 0.717) is 10.8 Å². The number of rotatable bonds is 3. The van der Waals surface area contributed by atoms with Gasteiger partial charge in [0.15, 0.2) is 0 Å². The molecule has 0 amide bonds. The van der Waals surface area contributed by atoms with Crippen molar-refractivity contribution >= 4 is 23.6 Å². The number of furan rings is 1. The van der Waals surface area contributed by atoms with E-state index in [1.165, 1.54) is 6.07 Å². The van der Waals surface area contributed by atoms with Gasteiger partial charge in [-0.15, -0.1) is 0 Å². The van der Waals surface area contributed by atoms with Gasteiger partial charge in [-0.3, -0.25) is 0 Å². The Hall–Kier alpha value is -2.51. The van der Waals surface area contributed by atoms with Crippen LogP contribution in [0.5, 0.6) is 0 Å². The number of carboxylic acid groups (broad SMARTS) is 1. The van der Waals surface area contributed by atoms with Gasteiger partial charge in [-0.05, 0) is 36.4 Å². The molecule has 0 spiro atoms. The van der Waals surface area contributed by atoms with Crippen LogP contribution in [0.3, 0.4) is 0 Å². The van der Waals surface area contributed by atoms with Crippen LogP contribution < -0.4 is 5.11 Å². The number of carboxylic acids is 1. The van der Waals surface area contributed by atoms with Gasteiger partial charge in [0.2, 0.25) is 0 Å². The van der Waals surface area contributed by atoms with E-state index < -0.39 is 11.5 Å². The second-order valence-electron chi connectivity index (χ2n) is 3.67. The van der Waals surface area contributed by atoms with Crippen molar-refractivity contribution in [1.29, 1.82) is 5.26 Å². The quantitative estimate of drug-likeness (QED) is 0.634. The number of aliphatic carboxylic acids is 1. The summed E-state index contributed by atoms with van der Waals surface area (Å²) in [5.41, 5.74) is 0.313. The summed E-state index contributed by atoms with van der Waals surface area (Å²) in [5.74, 6) is -0.712. The number of nitriles is 1. The molecule has 2 rings (SSSR count). The Morgan fingerprint density at radius 2 is 1.95 bits per heavy atom. The summed E-state index contributed by atoms with van der Waals surface area (Å²) < 4.78 is 5.43. The maximum Gasteiger partial charge on any atom is 0.134 e. The van der Waals surface area contributed by atoms with E-state index in [0.717, 1.165) is 11.6 Å². The molecule has 0 N–H and O–H groups in total. The molecule has 4 nitrogen and oxygen atoms in total. The lowest BCUT2D eigenvalue weighted by Gasteiger charge is -1.98. The molecule has 0 atom stereocenters. The van der Waals surface area contributed by atoms with Gasteiger partial charge in [-0.25, -0.2) is 0 Å². The Labute approximate surface area is 114 Å². The number of nitrogens with zero attached hydrogens (tertiary/aromatic N) is 1. The normalized spacial score (nSPS) is 11.1. The predicted octanol–water partition coefficient (Wildman–Crippen LogP) is 2.26. The Bertz CT molecular complexity index is 677. The molecule has 94 valence electrons. The average Bonchev–Trinajstić information content (AvgIpc) is 2.85. The highest BCUT2D eigenvalue weighted by Crippen LogP contribution is 2.24. The van der Waals surface area contributed by atoms with Crippen molar-refractivity contribution < 1.29 is 14.3 Å². The fourth-order valence-corrected chi connectivity index (χ4v) is 1.60. The number of halogens is 1. The molecule has 1 heterocycles. The van der Waals surface area contributed by atoms with Crippen LogP contribution in [0.1, 0.15) is 5.76 Å². The monoisotopic (exact) mass is 272 g/mol. The van der Waals surface area contributed by atoms with E-state index in [4.69, 9.17) is 21.3 Å². The summed E-state index contributed by atoms with van der Waals surface area (Å²) in [5, 5.41) is 19.8. The van der Waals surface area contributed by atoms with Crippen molar-refractivity contribution in [2.75, 3.05) is 0 Å². The summed E-state index contributed by atoms with van der Waals surface area (Å²) in [4.78, 5) is 10.6. The molecule has 0 aliphatic rings. The van der Waals surface area contributed by atoms with Crippen LogP contribution in [0.15, 0.2) is 46.4 Å². The summed E-state index contributed by atoms with van der Waals surface area (Å²) in [6, 6.07) is 11.8. The zero-order valence-corrected chi connectivity index (χ0v) is 10.3. The third kappa shape index (κ3) is 3.03. The van der Waals surface area contributed by atoms with Gasteiger partial charge in [-0.1, -0.05) is 11.6 Å². The summed E-state index contributed by atoms with van der Waals surface area (Å²) in [7, 11) is 0. The zero-order valence-electron chi connectivity index (χ0n) is 9.59. The Balaban J connectivity index is 2.32. The van der Waals surface area contributed by atoms with Crippen LogP contribution >= 0.6 is 11.6 Å². The molecular weight excluding hydrogens is 266 g/mol. The fraction of sp³-hybridized carbons (Fsp3) is 0. The standard InChI is InChI=1S/C14H8ClNO3/c15-11-3-1-9(2-4-11)13-6-5-12(19-13)7-10(8-16)14(17)18/h1-7H,(H,17,18)/p-1. The van der Waals surface area contributed by atoms with Gasteiger partial charge >= 0.3 is 0 Å². The molecule has 0 saturated heterocycles. The second kappa shape index (κ2) is 5.42. The first-order chi connectivity index (χ1) is 9.10. The van der Waals surface area contributed by atoms with Crippen molar-refractivity contribution in [3.8, 4) is 17.4 Å². The van der Waals surface area contributed by atoms with Crippen molar-refractivity contribution in [2.45, 2.75) is 0 Å². The number of hydrogen-bond acceptors (Lipinski definition) is 4. The minimum Gasteiger partial charge on any atom is -0.544 e. The molecule has 1 aromatic heterocycles. The van der Waals surface area contributed by atoms with E-state index in [-0.39, 0.29) is 5.76 Å². The largest absolute Gasteiger partial charge is 0.544 e. The van der Waals surface area contributed by atoms with Gasteiger partial charge in [-0.2, -0.15) is 5.26 Å². The third-order valence-corrected chi connectivity index (χ3v) is 2.63. The predicted molar refractivity (Wildman–Crippen MR) is 67.8 cm³/mol. The van der Waals surface area contributed by atoms with Crippen molar-refractivity contribution in [3.05, 3.63) is 52.8 Å². The van der Waals surface area contributed by atoms with Gasteiger partial charge in [0, 0.05) is 16.7 Å². The second-order valence-corrected chi connectivity index (χ2v) is 4.10. The first-order valence-corrected chi connectivity index (χ1v) is 5.67. The summed E-state index contributed by atoms with van der Waals surface area (Å²) >= 11 is 5.78. The fourth-order valence-electron chi connectivity index (χ4n) is 1.48. The van der Waals surface area contributed by atoms with E-state index in [1.54, 1.807) is 36.4 Å². The maximum absolute atomic E-state index is 10.6. The number of benzene rings is 1. The molecule has 0 bridgehead atoms. The summed E-state index contributed by atoms with van der Waals surface area (Å²) in [6.07, 6.45) is 1.12. The first-order valence-electron chi connectivity index (χ1n) is 5.29. The van der Waals surface area contributed by atoms with E-state index in [1.807, 2.05) is 0 Å². The van der Waals surface area contributed by atoms with Crippen LogP contribution in [0.25, 0.3) is 17.4 Å². The van der Waals surface area contributed by atoms with Gasteiger partial charge in [0.1, 0.15) is 17.6 Å². The van der Waals surface area contributed by atoms with E-state index in [2.05, 4.69) is 0 Å². The zero-order chi connectivity index (χ0) is 13.8. The number of carbonyl (C=O) groups excluding carboxylic acids is 1. The molecule has 1 aromatic carbocycles. The van der Waals surface area contributed by atoms with E-state index >= 15 is 0 Å². The van der Waals surface area contributed by atoms with Crippen LogP contribution in [-0.2, 0) is 4.79 Å². The molecule has 0 unspecified atom stereocenters. The van der Waals surface area contributed by atoms with Crippen molar-refractivity contribution in [3.63, 3.8) is 0 Å². The molecule has 19 heavy (non-hydrogen) atoms. The van der Waals surface area contributed by atoms with Crippen molar-refractivity contribution in [1.82, 2.24) is 0 Å². The lowest BCUT2D eigenvalue weighted by molar-refractivity contribution is -0.298. The SMILES string of the molecule is N#CC(=Cc1ccc(-c2ccc(Cl)cc2)o1)C(=O)[O-]. The molecule has 0 aliphatic heterocycles. The lowest BCUT2D eigenvalue weighted by atomic mass is 10.2. The lowest BCUT2D eigenvalue weighted by Crippen LogP contribution is -2.23. The Morgan fingerprint density at radius 3 is 2.53 bits per heavy atom. The maximum atomic E-state index is 10.6. The number of hydrogen-bond donors (Lipinski definition) is 0. The highest BCUT2D eigenvalue weighted by atomic mass is 35.5. The van der Waals surface area contributed by atoms with Crippen LogP contribution in [0.2, 0.25) is 5.02 Å². The topological polar surface area (TPSA) is 77.1 Å². The highest BCUT2D eigenvalue weighted by Gasteiger charge is 2.05. The number of carbonyl (C=O) groups is 1. The minimum atomic E-state index is -1.54. The molecule has 0 saturated carbocycles. The highest BCUT2D eigenvalue weighted by molar-refractivity contribution is 6.30. The minimum absolute atomic E-state index is 0.269. The van der Waals surface area contributed by atoms with Gasteiger partial charge in [0.25, 0.3) is 0 Å². The van der Waals surface area contributed by atoms with E-state index in [9.17, 15) is 9.90 Å². The van der Waals surface area contributed by atoms with Crippen molar-refractivity contribution in [2.24, 2.45) is 0 Å². The first kappa shape index (κ1) is 12.9. The average molecular weight is 273 g/mol. The van der Waals surface area contributed by atoms with Crippen LogP contribution in [-0.4, -0.2) is 5.97 Å². The van der Waals surface area contributed by atoms with Gasteiger partial charge in [0.05, 0.1) is 11.5 Å². The Kier molecular flexibility index (Phi) is 3.69. The summed E-state index contributed by atoms with van der Waals surface area (Å²) in [6.45, 7) is 0. The smallest absolute Gasteiger partial charge is 0.134 e. The van der Waals surface area contributed by atoms with Crippen LogP contribution in [0, 0.1) is 11.3 Å². The van der Waals surface area contributed by atoms with Gasteiger partial charge < -0.3 is 14.3 Å². The molecule has 0 aliphatic carbocycles. The molecule has 0 radical (unpaired) electrons. The molecular formula is C14H7ClNO3-. The molecule has 0 fully saturated rings. The Morgan fingerprint density at radius 1 is 1.26 bits per heavy atom. The molecule has 2 aromatic rings. The third-order valence-electron chi connectivity index (χ3n) is 2.38. The van der Waals surface area contributed by atoms with Crippen LogP contribution in [0.4, 0.5) is 0 Å². The molecule has 5 heteroatoms.